The molecule has 1 aromatic heterocycles. The maximum Gasteiger partial charge on any atom is 0.310 e. The Balaban J connectivity index is 2.11. The van der Waals surface area contributed by atoms with Crippen molar-refractivity contribution in [1.82, 2.24) is 9.29 Å². The summed E-state index contributed by atoms with van der Waals surface area (Å²) in [5.74, 6) is -0.668. The first-order valence-electron chi connectivity index (χ1n) is 6.35. The molecule has 0 saturated carbocycles. The van der Waals surface area contributed by atoms with Crippen molar-refractivity contribution in [2.24, 2.45) is 5.92 Å². The molecule has 0 radical (unpaired) electrons. The normalized spacial score (nSPS) is 21.2. The minimum absolute atomic E-state index is 0.201. The van der Waals surface area contributed by atoms with Crippen molar-refractivity contribution in [2.45, 2.75) is 24.7 Å². The van der Waals surface area contributed by atoms with Crippen LogP contribution in [0.15, 0.2) is 23.4 Å². The second kappa shape index (κ2) is 5.75. The number of piperidine rings is 1. The van der Waals surface area contributed by atoms with Crippen molar-refractivity contribution >= 4 is 16.0 Å². The summed E-state index contributed by atoms with van der Waals surface area (Å²) in [6, 6.07) is 1.52. The van der Waals surface area contributed by atoms with Crippen LogP contribution in [0, 0.1) is 5.92 Å². The number of ether oxygens (including phenoxy) is 1. The molecule has 1 aromatic rings. The molecular weight excluding hydrogens is 268 g/mol. The minimum atomic E-state index is -3.51. The number of carbonyl (C=O) groups excluding carboxylic acids is 1. The van der Waals surface area contributed by atoms with Crippen molar-refractivity contribution in [1.29, 1.82) is 0 Å². The van der Waals surface area contributed by atoms with Gasteiger partial charge in [0, 0.05) is 25.5 Å². The highest BCUT2D eigenvalue weighted by Gasteiger charge is 2.34. The molecule has 1 aliphatic heterocycles. The molecule has 106 valence electrons. The maximum atomic E-state index is 12.3. The van der Waals surface area contributed by atoms with Crippen molar-refractivity contribution in [3.05, 3.63) is 18.5 Å². The number of nitrogens with one attached hydrogen (secondary N) is 1. The van der Waals surface area contributed by atoms with E-state index in [1.165, 1.54) is 16.6 Å². The third kappa shape index (κ3) is 2.98. The van der Waals surface area contributed by atoms with Gasteiger partial charge in [-0.1, -0.05) is 0 Å². The predicted octanol–water partition coefficient (Wildman–Crippen LogP) is 0.978. The molecule has 0 spiro atoms. The molecule has 6 nitrogen and oxygen atoms in total. The van der Waals surface area contributed by atoms with E-state index in [0.717, 1.165) is 0 Å². The molecule has 1 fully saturated rings. The van der Waals surface area contributed by atoms with Gasteiger partial charge in [0.1, 0.15) is 0 Å². The molecule has 0 unspecified atom stereocenters. The van der Waals surface area contributed by atoms with Crippen LogP contribution < -0.4 is 0 Å². The lowest BCUT2D eigenvalue weighted by molar-refractivity contribution is -0.149. The zero-order chi connectivity index (χ0) is 13.9. The van der Waals surface area contributed by atoms with E-state index in [4.69, 9.17) is 4.74 Å². The smallest absolute Gasteiger partial charge is 0.310 e. The number of aromatic amines is 1. The molecule has 1 N–H and O–H groups in total. The van der Waals surface area contributed by atoms with E-state index in [9.17, 15) is 13.2 Å². The summed E-state index contributed by atoms with van der Waals surface area (Å²) in [5, 5.41) is 0. The second-order valence-electron chi connectivity index (χ2n) is 4.50. The van der Waals surface area contributed by atoms with E-state index in [2.05, 4.69) is 4.98 Å². The van der Waals surface area contributed by atoms with E-state index in [-0.39, 0.29) is 23.3 Å². The molecule has 1 atom stereocenters. The lowest BCUT2D eigenvalue weighted by Gasteiger charge is -2.30. The zero-order valence-corrected chi connectivity index (χ0v) is 11.6. The Hall–Kier alpha value is -1.34. The Kier molecular flexibility index (Phi) is 4.26. The highest BCUT2D eigenvalue weighted by Crippen LogP contribution is 2.24. The van der Waals surface area contributed by atoms with Gasteiger partial charge in [0.15, 0.2) is 0 Å². The minimum Gasteiger partial charge on any atom is -0.466 e. The lowest BCUT2D eigenvalue weighted by atomic mass is 10.0. The monoisotopic (exact) mass is 286 g/mol. The fraction of sp³-hybridized carbons (Fsp3) is 0.583. The molecule has 1 aliphatic rings. The molecule has 2 heterocycles. The van der Waals surface area contributed by atoms with Crippen LogP contribution >= 0.6 is 0 Å². The first-order chi connectivity index (χ1) is 9.05. The van der Waals surface area contributed by atoms with Crippen LogP contribution in [0.3, 0.4) is 0 Å². The highest BCUT2D eigenvalue weighted by molar-refractivity contribution is 7.89. The van der Waals surface area contributed by atoms with E-state index >= 15 is 0 Å². The Morgan fingerprint density at radius 2 is 2.37 bits per heavy atom. The van der Waals surface area contributed by atoms with Crippen LogP contribution in [-0.4, -0.2) is 43.4 Å². The third-order valence-electron chi connectivity index (χ3n) is 3.21. The largest absolute Gasteiger partial charge is 0.466 e. The van der Waals surface area contributed by atoms with Gasteiger partial charge in [-0.15, -0.1) is 0 Å². The van der Waals surface area contributed by atoms with Crippen LogP contribution in [0.1, 0.15) is 19.8 Å². The van der Waals surface area contributed by atoms with Crippen molar-refractivity contribution < 1.29 is 17.9 Å². The second-order valence-corrected chi connectivity index (χ2v) is 6.44. The summed E-state index contributed by atoms with van der Waals surface area (Å²) < 4.78 is 31.0. The molecule has 7 heteroatoms. The van der Waals surface area contributed by atoms with E-state index < -0.39 is 10.0 Å². The van der Waals surface area contributed by atoms with Crippen LogP contribution in [0.4, 0.5) is 0 Å². The summed E-state index contributed by atoms with van der Waals surface area (Å²) in [4.78, 5) is 14.7. The van der Waals surface area contributed by atoms with Crippen LogP contribution in [-0.2, 0) is 19.6 Å². The molecule has 1 saturated heterocycles. The third-order valence-corrected chi connectivity index (χ3v) is 5.07. The van der Waals surface area contributed by atoms with E-state index in [1.54, 1.807) is 13.1 Å². The first kappa shape index (κ1) is 14.1. The summed E-state index contributed by atoms with van der Waals surface area (Å²) in [6.45, 7) is 2.71. The van der Waals surface area contributed by atoms with Crippen molar-refractivity contribution in [3.63, 3.8) is 0 Å². The average molecular weight is 286 g/mol. The number of nitrogens with zero attached hydrogens (tertiary/aromatic N) is 1. The number of carbonyl (C=O) groups is 1. The van der Waals surface area contributed by atoms with Crippen LogP contribution in [0.25, 0.3) is 0 Å². The summed E-state index contributed by atoms with van der Waals surface area (Å²) in [6.07, 6.45) is 4.37. The number of hydrogen-bond acceptors (Lipinski definition) is 4. The Morgan fingerprint density at radius 3 is 3.00 bits per heavy atom. The zero-order valence-electron chi connectivity index (χ0n) is 10.8. The summed E-state index contributed by atoms with van der Waals surface area (Å²) in [5.41, 5.74) is 0. The summed E-state index contributed by atoms with van der Waals surface area (Å²) in [7, 11) is -3.51. The fourth-order valence-electron chi connectivity index (χ4n) is 2.23. The van der Waals surface area contributed by atoms with Gasteiger partial charge in [0.2, 0.25) is 10.0 Å². The Bertz CT molecular complexity index is 524. The molecule has 0 aromatic carbocycles. The maximum absolute atomic E-state index is 12.3. The Labute approximate surface area is 112 Å². The van der Waals surface area contributed by atoms with Crippen LogP contribution in [0.5, 0.6) is 0 Å². The van der Waals surface area contributed by atoms with Gasteiger partial charge in [0.05, 0.1) is 17.4 Å². The SMILES string of the molecule is CCOC(=O)[C@H]1CCCN(S(=O)(=O)c2cc[nH]c2)C1. The van der Waals surface area contributed by atoms with Gasteiger partial charge in [-0.25, -0.2) is 8.42 Å². The molecule has 2 rings (SSSR count). The van der Waals surface area contributed by atoms with Gasteiger partial charge in [-0.05, 0) is 25.8 Å². The van der Waals surface area contributed by atoms with E-state index in [0.29, 0.717) is 26.0 Å². The number of aromatic nitrogens is 1. The number of sulfonamides is 1. The van der Waals surface area contributed by atoms with E-state index in [1.807, 2.05) is 0 Å². The van der Waals surface area contributed by atoms with Gasteiger partial charge in [0.25, 0.3) is 0 Å². The number of esters is 1. The number of rotatable bonds is 4. The summed E-state index contributed by atoms with van der Waals surface area (Å²) >= 11 is 0. The predicted molar refractivity (Wildman–Crippen MR) is 68.9 cm³/mol. The van der Waals surface area contributed by atoms with Gasteiger partial charge < -0.3 is 9.72 Å². The lowest BCUT2D eigenvalue weighted by Crippen LogP contribution is -2.42. The average Bonchev–Trinajstić information content (AvgIpc) is 2.94. The van der Waals surface area contributed by atoms with Crippen molar-refractivity contribution in [2.75, 3.05) is 19.7 Å². The van der Waals surface area contributed by atoms with Gasteiger partial charge >= 0.3 is 5.97 Å². The van der Waals surface area contributed by atoms with Gasteiger partial charge in [-0.3, -0.25) is 4.79 Å². The number of hydrogen-bond donors (Lipinski definition) is 1. The molecule has 0 bridgehead atoms. The number of H-pyrrole nitrogens is 1. The molecule has 0 amide bonds. The Morgan fingerprint density at radius 1 is 1.58 bits per heavy atom. The van der Waals surface area contributed by atoms with Crippen LogP contribution in [0.2, 0.25) is 0 Å². The fourth-order valence-corrected chi connectivity index (χ4v) is 3.73. The van der Waals surface area contributed by atoms with Crippen molar-refractivity contribution in [3.8, 4) is 0 Å². The molecule has 0 aliphatic carbocycles. The molecular formula is C12H18N2O4S. The quantitative estimate of drug-likeness (QED) is 0.837. The molecule has 19 heavy (non-hydrogen) atoms. The standard InChI is InChI=1S/C12H18N2O4S/c1-2-18-12(15)10-4-3-7-14(9-10)19(16,17)11-5-6-13-8-11/h5-6,8,10,13H,2-4,7,9H2,1H3/t10-/m0/s1. The van der Waals surface area contributed by atoms with Gasteiger partial charge in [-0.2, -0.15) is 4.31 Å². The first-order valence-corrected chi connectivity index (χ1v) is 7.79. The highest BCUT2D eigenvalue weighted by atomic mass is 32.2. The topological polar surface area (TPSA) is 79.5 Å².